The van der Waals surface area contributed by atoms with Crippen molar-refractivity contribution in [3.8, 4) is 0 Å². The summed E-state index contributed by atoms with van der Waals surface area (Å²) in [6, 6.07) is 0. The van der Waals surface area contributed by atoms with Crippen LogP contribution in [0.15, 0.2) is 0 Å². The predicted molar refractivity (Wildman–Crippen MR) is 26.2 cm³/mol. The Kier molecular flexibility index (Phi) is 3.25. The Hall–Kier alpha value is 0.01000. The van der Waals surface area contributed by atoms with Crippen LogP contribution in [-0.2, 0) is 22.5 Å². The lowest BCUT2D eigenvalue weighted by Gasteiger charge is -1.99. The van der Waals surface area contributed by atoms with Gasteiger partial charge in [-0.1, -0.05) is 0 Å². The smallest absolute Gasteiger partial charge is 0.302 e. The third-order valence-electron chi connectivity index (χ3n) is 0.401. The number of phosphoric acid groups is 1. The summed E-state index contributed by atoms with van der Waals surface area (Å²) in [7, 11) is -6.80. The van der Waals surface area contributed by atoms with Crippen LogP contribution in [0.2, 0.25) is 0 Å². The SMILES string of the molecule is COP(=O)(O)OP(=O)=O. The monoisotopic (exact) mass is 174 g/mol. The van der Waals surface area contributed by atoms with Gasteiger partial charge in [0.2, 0.25) is 0 Å². The highest BCUT2D eigenvalue weighted by molar-refractivity contribution is 7.54. The first-order valence-corrected chi connectivity index (χ1v) is 4.29. The summed E-state index contributed by atoms with van der Waals surface area (Å²) in [5, 5.41) is 0. The van der Waals surface area contributed by atoms with E-state index < -0.39 is 15.7 Å². The average molecular weight is 174 g/mol. The molecule has 0 rings (SSSR count). The van der Waals surface area contributed by atoms with Gasteiger partial charge < -0.3 is 4.89 Å². The van der Waals surface area contributed by atoms with E-state index in [0.717, 1.165) is 7.11 Å². The Morgan fingerprint density at radius 2 is 2.00 bits per heavy atom. The summed E-state index contributed by atoms with van der Waals surface area (Å²) in [6.45, 7) is 0. The summed E-state index contributed by atoms with van der Waals surface area (Å²) < 4.78 is 36.5. The van der Waals surface area contributed by atoms with Crippen molar-refractivity contribution in [1.29, 1.82) is 0 Å². The molecule has 0 aliphatic carbocycles. The molecule has 0 aliphatic heterocycles. The highest BCUT2D eigenvalue weighted by Gasteiger charge is 2.21. The van der Waals surface area contributed by atoms with Crippen LogP contribution >= 0.6 is 15.7 Å². The van der Waals surface area contributed by atoms with Gasteiger partial charge in [0.15, 0.2) is 0 Å². The van der Waals surface area contributed by atoms with E-state index in [1.54, 1.807) is 0 Å². The molecule has 0 saturated carbocycles. The van der Waals surface area contributed by atoms with Crippen molar-refractivity contribution in [1.82, 2.24) is 0 Å². The van der Waals surface area contributed by atoms with Crippen molar-refractivity contribution in [3.63, 3.8) is 0 Å². The van der Waals surface area contributed by atoms with Gasteiger partial charge in [-0.15, -0.1) is 0 Å². The molecule has 0 heterocycles. The van der Waals surface area contributed by atoms with Crippen molar-refractivity contribution >= 4 is 15.7 Å². The molecular weight excluding hydrogens is 170 g/mol. The van der Waals surface area contributed by atoms with Gasteiger partial charge in [0.05, 0.1) is 0 Å². The quantitative estimate of drug-likeness (QED) is 0.637. The van der Waals surface area contributed by atoms with Crippen molar-refractivity contribution < 1.29 is 27.4 Å². The van der Waals surface area contributed by atoms with E-state index in [2.05, 4.69) is 8.83 Å². The molecule has 1 unspecified atom stereocenters. The molecule has 0 aromatic carbocycles. The van der Waals surface area contributed by atoms with E-state index in [9.17, 15) is 13.7 Å². The van der Waals surface area contributed by atoms with Crippen molar-refractivity contribution in [2.45, 2.75) is 0 Å². The van der Waals surface area contributed by atoms with E-state index in [4.69, 9.17) is 4.89 Å². The maximum Gasteiger partial charge on any atom is 0.484 e. The minimum absolute atomic E-state index is 0.861. The van der Waals surface area contributed by atoms with E-state index in [-0.39, 0.29) is 0 Å². The zero-order valence-electron chi connectivity index (χ0n) is 4.38. The van der Waals surface area contributed by atoms with Gasteiger partial charge in [-0.3, -0.25) is 4.52 Å². The molecule has 54 valence electrons. The number of rotatable bonds is 3. The second-order valence-electron chi connectivity index (χ2n) is 0.956. The summed E-state index contributed by atoms with van der Waals surface area (Å²) in [5.74, 6) is 0. The van der Waals surface area contributed by atoms with Crippen LogP contribution in [0.5, 0.6) is 0 Å². The van der Waals surface area contributed by atoms with Crippen LogP contribution in [0.3, 0.4) is 0 Å². The fraction of sp³-hybridized carbons (Fsp3) is 1.00. The lowest BCUT2D eigenvalue weighted by molar-refractivity contribution is 0.242. The van der Waals surface area contributed by atoms with Crippen molar-refractivity contribution in [2.75, 3.05) is 7.11 Å². The predicted octanol–water partition coefficient (Wildman–Crippen LogP) is 0.838. The summed E-state index contributed by atoms with van der Waals surface area (Å²) in [6.07, 6.45) is 0. The van der Waals surface area contributed by atoms with Crippen LogP contribution in [-0.4, -0.2) is 12.0 Å². The zero-order valence-corrected chi connectivity index (χ0v) is 6.17. The van der Waals surface area contributed by atoms with E-state index >= 15 is 0 Å². The molecule has 0 amide bonds. The van der Waals surface area contributed by atoms with Crippen LogP contribution in [0, 0.1) is 0 Å². The molecule has 0 bridgehead atoms. The minimum Gasteiger partial charge on any atom is -0.302 e. The number of phosphoric ester groups is 1. The van der Waals surface area contributed by atoms with Crippen LogP contribution < -0.4 is 0 Å². The molecule has 0 radical (unpaired) electrons. The molecule has 0 fully saturated rings. The van der Waals surface area contributed by atoms with Crippen LogP contribution in [0.1, 0.15) is 0 Å². The fourth-order valence-electron chi connectivity index (χ4n) is 0.118. The standard InChI is InChI=1S/CH4O6P2/c1-6-9(4,5)7-8(2)3/h1H3,(H,4,5). The Bertz CT molecular complexity index is 183. The topological polar surface area (TPSA) is 89.9 Å². The van der Waals surface area contributed by atoms with Crippen LogP contribution in [0.4, 0.5) is 0 Å². The van der Waals surface area contributed by atoms with Gasteiger partial charge in [0.25, 0.3) is 0 Å². The molecule has 8 heteroatoms. The molecule has 9 heavy (non-hydrogen) atoms. The van der Waals surface area contributed by atoms with Gasteiger partial charge in [-0.25, -0.2) is 13.7 Å². The minimum atomic E-state index is -4.33. The Morgan fingerprint density at radius 1 is 1.56 bits per heavy atom. The maximum atomic E-state index is 10.1. The Labute approximate surface area is 51.3 Å². The van der Waals surface area contributed by atoms with Crippen LogP contribution in [0.25, 0.3) is 0 Å². The van der Waals surface area contributed by atoms with Gasteiger partial charge in [0, 0.05) is 7.11 Å². The van der Waals surface area contributed by atoms with Gasteiger partial charge >= 0.3 is 15.7 Å². The number of hydrogen-bond donors (Lipinski definition) is 1. The third kappa shape index (κ3) is 4.51. The van der Waals surface area contributed by atoms with E-state index in [1.807, 2.05) is 0 Å². The highest BCUT2D eigenvalue weighted by atomic mass is 31.2. The van der Waals surface area contributed by atoms with Gasteiger partial charge in [0.1, 0.15) is 0 Å². The third-order valence-corrected chi connectivity index (χ3v) is 2.22. The van der Waals surface area contributed by atoms with Crippen molar-refractivity contribution in [3.05, 3.63) is 0 Å². The van der Waals surface area contributed by atoms with Gasteiger partial charge in [-0.05, 0) is 0 Å². The molecule has 1 atom stereocenters. The van der Waals surface area contributed by atoms with E-state index in [1.165, 1.54) is 0 Å². The summed E-state index contributed by atoms with van der Waals surface area (Å²) in [5.41, 5.74) is 0. The molecule has 0 aromatic heterocycles. The summed E-state index contributed by atoms with van der Waals surface area (Å²) >= 11 is 0. The zero-order chi connectivity index (χ0) is 7.49. The summed E-state index contributed by atoms with van der Waals surface area (Å²) in [4.78, 5) is 8.22. The molecule has 0 aliphatic rings. The molecular formula is CH4O6P2. The van der Waals surface area contributed by atoms with Crippen molar-refractivity contribution in [2.24, 2.45) is 0 Å². The molecule has 0 spiro atoms. The molecule has 6 nitrogen and oxygen atoms in total. The first-order valence-electron chi connectivity index (χ1n) is 1.70. The highest BCUT2D eigenvalue weighted by Crippen LogP contribution is 2.47. The lowest BCUT2D eigenvalue weighted by Crippen LogP contribution is -1.80. The normalized spacial score (nSPS) is 16.7. The second-order valence-corrected chi connectivity index (χ2v) is 3.36. The molecule has 1 N–H and O–H groups in total. The number of hydrogen-bond acceptors (Lipinski definition) is 5. The molecule has 0 saturated heterocycles. The fourth-order valence-corrected chi connectivity index (χ4v) is 1.06. The largest absolute Gasteiger partial charge is 0.484 e. The van der Waals surface area contributed by atoms with E-state index in [0.29, 0.717) is 0 Å². The first kappa shape index (κ1) is 9.01. The lowest BCUT2D eigenvalue weighted by atomic mass is 11.8. The Morgan fingerprint density at radius 3 is 2.11 bits per heavy atom. The second kappa shape index (κ2) is 3.25. The first-order chi connectivity index (χ1) is 3.98. The average Bonchev–Trinajstić information content (AvgIpc) is 1.63. The molecule has 0 aromatic rings. The maximum absolute atomic E-state index is 10.1. The van der Waals surface area contributed by atoms with Gasteiger partial charge in [-0.2, -0.15) is 4.31 Å². The Balaban J connectivity index is 4.04.